The predicted octanol–water partition coefficient (Wildman–Crippen LogP) is 4.81. The molecule has 1 saturated carbocycles. The van der Waals surface area contributed by atoms with E-state index >= 15 is 0 Å². The number of aliphatic imine (C=N–C) groups is 1. The molecule has 11 heteroatoms. The molecule has 2 aliphatic rings. The molecule has 1 aromatic carbocycles. The first-order chi connectivity index (χ1) is 14.2. The number of halogens is 5. The monoisotopic (exact) mass is 460 g/mol. The molecular weight excluding hydrogens is 443 g/mol. The van der Waals surface area contributed by atoms with E-state index in [1.54, 1.807) is 0 Å². The summed E-state index contributed by atoms with van der Waals surface area (Å²) in [4.78, 5) is 4.38. The molecule has 1 aliphatic carbocycles. The van der Waals surface area contributed by atoms with Crippen LogP contribution in [0, 0.1) is 62.6 Å². The maximum Gasteiger partial charge on any atom is 0.200 e. The fourth-order valence-electron chi connectivity index (χ4n) is 4.15. The Labute approximate surface area is 178 Å². The summed E-state index contributed by atoms with van der Waals surface area (Å²) in [5.41, 5.74) is 0.971. The van der Waals surface area contributed by atoms with Gasteiger partial charge in [0, 0.05) is 11.5 Å². The van der Waals surface area contributed by atoms with E-state index in [1.807, 2.05) is 26.0 Å². The average Bonchev–Trinajstić information content (AvgIpc) is 3.30. The molecule has 4 nitrogen and oxygen atoms in total. The SMILES string of the molecule is CCCSC1(SCCC)N=C(N)C2(C#N)C(c3c(F)c(F)c(F)c(F)c3F)C12C#N. The van der Waals surface area contributed by atoms with Gasteiger partial charge in [0.1, 0.15) is 16.7 Å². The first kappa shape index (κ1) is 22.7. The van der Waals surface area contributed by atoms with Gasteiger partial charge in [-0.05, 0) is 24.3 Å². The number of amidine groups is 1. The molecular formula is C19H17F5N4S2. The Morgan fingerprint density at radius 1 is 0.900 bits per heavy atom. The van der Waals surface area contributed by atoms with Gasteiger partial charge in [-0.25, -0.2) is 26.9 Å². The van der Waals surface area contributed by atoms with Gasteiger partial charge in [-0.1, -0.05) is 13.8 Å². The van der Waals surface area contributed by atoms with Crippen molar-refractivity contribution in [1.82, 2.24) is 0 Å². The van der Waals surface area contributed by atoms with Crippen LogP contribution in [0.4, 0.5) is 22.0 Å². The van der Waals surface area contributed by atoms with Crippen LogP contribution < -0.4 is 5.73 Å². The standard InChI is InChI=1S/C19H17F5N4S2/c1-3-5-29-19(30-6-4-2)18(8-26)15(17(18,7-25)16(27)28-19)9-10(20)12(22)14(24)13(23)11(9)21/h15H,3-6H2,1-2H3,(H2,27,28). The van der Waals surface area contributed by atoms with Crippen molar-refractivity contribution in [3.63, 3.8) is 0 Å². The van der Waals surface area contributed by atoms with Crippen molar-refractivity contribution in [2.75, 3.05) is 11.5 Å². The Morgan fingerprint density at radius 2 is 1.37 bits per heavy atom. The third kappa shape index (κ3) is 2.48. The lowest BCUT2D eigenvalue weighted by Gasteiger charge is -2.32. The van der Waals surface area contributed by atoms with Gasteiger partial charge in [-0.15, -0.1) is 23.5 Å². The molecule has 3 atom stereocenters. The molecule has 1 heterocycles. The summed E-state index contributed by atoms with van der Waals surface area (Å²) in [6, 6.07) is 3.81. The van der Waals surface area contributed by atoms with Gasteiger partial charge in [0.05, 0.1) is 12.1 Å². The van der Waals surface area contributed by atoms with Gasteiger partial charge in [0.25, 0.3) is 0 Å². The zero-order valence-corrected chi connectivity index (χ0v) is 17.7. The van der Waals surface area contributed by atoms with Crippen LogP contribution in [0.1, 0.15) is 38.2 Å². The van der Waals surface area contributed by atoms with Crippen LogP contribution in [0.25, 0.3) is 0 Å². The van der Waals surface area contributed by atoms with E-state index in [2.05, 4.69) is 4.99 Å². The van der Waals surface area contributed by atoms with E-state index < -0.39 is 55.6 Å². The number of nitrogens with two attached hydrogens (primary N) is 1. The molecule has 160 valence electrons. The third-order valence-corrected chi connectivity index (χ3v) is 9.00. The smallest absolute Gasteiger partial charge is 0.200 e. The molecule has 1 aromatic rings. The minimum Gasteiger partial charge on any atom is -0.386 e. The van der Waals surface area contributed by atoms with Crippen molar-refractivity contribution >= 4 is 29.4 Å². The Kier molecular flexibility index (Phi) is 5.76. The van der Waals surface area contributed by atoms with E-state index in [0.717, 1.165) is 0 Å². The molecule has 0 bridgehead atoms. The summed E-state index contributed by atoms with van der Waals surface area (Å²) in [7, 11) is 0. The first-order valence-corrected chi connectivity index (χ1v) is 11.1. The fourth-order valence-corrected chi connectivity index (χ4v) is 7.37. The van der Waals surface area contributed by atoms with Crippen LogP contribution in [0.15, 0.2) is 4.99 Å². The summed E-state index contributed by atoms with van der Waals surface area (Å²) >= 11 is 2.40. The molecule has 1 fully saturated rings. The van der Waals surface area contributed by atoms with Crippen LogP contribution in [-0.2, 0) is 0 Å². The molecule has 1 aliphatic heterocycles. The van der Waals surface area contributed by atoms with E-state index in [1.165, 1.54) is 23.5 Å². The topological polar surface area (TPSA) is 86.0 Å². The van der Waals surface area contributed by atoms with Crippen molar-refractivity contribution in [3.05, 3.63) is 34.6 Å². The molecule has 3 rings (SSSR count). The lowest BCUT2D eigenvalue weighted by Crippen LogP contribution is -2.32. The van der Waals surface area contributed by atoms with Crippen LogP contribution in [0.5, 0.6) is 0 Å². The molecule has 0 radical (unpaired) electrons. The number of thioether (sulfide) groups is 2. The normalized spacial score (nSPS) is 28.4. The van der Waals surface area contributed by atoms with E-state index in [9.17, 15) is 32.5 Å². The zero-order valence-electron chi connectivity index (χ0n) is 16.0. The highest BCUT2D eigenvalue weighted by atomic mass is 32.2. The predicted molar refractivity (Wildman–Crippen MR) is 105 cm³/mol. The molecule has 0 aromatic heterocycles. The summed E-state index contributed by atoms with van der Waals surface area (Å²) in [5, 5.41) is 20.1. The van der Waals surface area contributed by atoms with Crippen molar-refractivity contribution in [3.8, 4) is 12.1 Å². The van der Waals surface area contributed by atoms with Gasteiger partial charge in [-0.2, -0.15) is 10.5 Å². The molecule has 2 N–H and O–H groups in total. The highest BCUT2D eigenvalue weighted by Gasteiger charge is 2.92. The molecule has 30 heavy (non-hydrogen) atoms. The second kappa shape index (κ2) is 7.61. The fraction of sp³-hybridized carbons (Fsp3) is 0.526. The van der Waals surface area contributed by atoms with Crippen molar-refractivity contribution in [2.45, 2.75) is 36.8 Å². The van der Waals surface area contributed by atoms with Crippen LogP contribution in [0.3, 0.4) is 0 Å². The number of nitrogens with zero attached hydrogens (tertiary/aromatic N) is 3. The maximum atomic E-state index is 14.7. The van der Waals surface area contributed by atoms with Crippen LogP contribution >= 0.6 is 23.5 Å². The number of fused-ring (bicyclic) bond motifs is 1. The van der Waals surface area contributed by atoms with Gasteiger partial charge in [0.15, 0.2) is 27.5 Å². The highest BCUT2D eigenvalue weighted by Crippen LogP contribution is 2.85. The third-order valence-electron chi connectivity index (χ3n) is 5.46. The van der Waals surface area contributed by atoms with E-state index in [-0.39, 0.29) is 5.84 Å². The summed E-state index contributed by atoms with van der Waals surface area (Å²) in [5.74, 6) is -11.7. The highest BCUT2D eigenvalue weighted by molar-refractivity contribution is 8.18. The van der Waals surface area contributed by atoms with E-state index in [0.29, 0.717) is 24.3 Å². The lowest BCUT2D eigenvalue weighted by atomic mass is 9.97. The van der Waals surface area contributed by atoms with Gasteiger partial charge in [-0.3, -0.25) is 0 Å². The minimum atomic E-state index is -2.30. The second-order valence-electron chi connectivity index (χ2n) is 7.03. The van der Waals surface area contributed by atoms with Gasteiger partial charge >= 0.3 is 0 Å². The molecule has 0 amide bonds. The summed E-state index contributed by atoms with van der Waals surface area (Å²) < 4.78 is 69.3. The van der Waals surface area contributed by atoms with Gasteiger partial charge < -0.3 is 5.73 Å². The number of hydrogen-bond acceptors (Lipinski definition) is 6. The maximum absolute atomic E-state index is 14.7. The average molecular weight is 460 g/mol. The Balaban J connectivity index is 2.32. The van der Waals surface area contributed by atoms with E-state index in [4.69, 9.17) is 5.73 Å². The van der Waals surface area contributed by atoms with Crippen LogP contribution in [0.2, 0.25) is 0 Å². The van der Waals surface area contributed by atoms with Crippen molar-refractivity contribution < 1.29 is 22.0 Å². The minimum absolute atomic E-state index is 0.326. The quantitative estimate of drug-likeness (QED) is 0.273. The number of benzene rings is 1. The Bertz CT molecular complexity index is 981. The Hall–Kier alpha value is -1.98. The first-order valence-electron chi connectivity index (χ1n) is 9.14. The largest absolute Gasteiger partial charge is 0.386 e. The number of rotatable bonds is 7. The Morgan fingerprint density at radius 3 is 1.77 bits per heavy atom. The second-order valence-corrected chi connectivity index (χ2v) is 9.87. The summed E-state index contributed by atoms with van der Waals surface area (Å²) in [6.45, 7) is 3.75. The number of hydrogen-bond donors (Lipinski definition) is 1. The zero-order chi connectivity index (χ0) is 22.5. The molecule has 3 unspecified atom stereocenters. The van der Waals surface area contributed by atoms with Crippen molar-refractivity contribution in [2.24, 2.45) is 21.6 Å². The van der Waals surface area contributed by atoms with Crippen molar-refractivity contribution in [1.29, 1.82) is 10.5 Å². The summed E-state index contributed by atoms with van der Waals surface area (Å²) in [6.07, 6.45) is 1.34. The lowest BCUT2D eigenvalue weighted by molar-refractivity contribution is 0.367. The van der Waals surface area contributed by atoms with Gasteiger partial charge in [0.2, 0.25) is 5.82 Å². The molecule has 0 saturated heterocycles. The number of nitriles is 2. The van der Waals surface area contributed by atoms with Crippen LogP contribution in [-0.4, -0.2) is 21.5 Å². The molecule has 0 spiro atoms.